The van der Waals surface area contributed by atoms with E-state index in [1.165, 1.54) is 0 Å². The molecule has 2 fully saturated rings. The van der Waals surface area contributed by atoms with Gasteiger partial charge in [0.2, 0.25) is 0 Å². The van der Waals surface area contributed by atoms with E-state index in [1.807, 2.05) is 29.6 Å². The first-order valence-electron chi connectivity index (χ1n) is 7.48. The summed E-state index contributed by atoms with van der Waals surface area (Å²) in [4.78, 5) is 37.8. The summed E-state index contributed by atoms with van der Waals surface area (Å²) < 4.78 is 1.09. The molecule has 0 bridgehead atoms. The third-order valence-corrected chi connectivity index (χ3v) is 5.59. The number of likely N-dealkylation sites (tertiary alicyclic amines) is 1. The lowest BCUT2D eigenvalue weighted by molar-refractivity contribution is -0.125. The molecule has 2 N–H and O–H groups in total. The number of amides is 4. The third-order valence-electron chi connectivity index (χ3n) is 4.63. The van der Waals surface area contributed by atoms with Gasteiger partial charge in [0.15, 0.2) is 0 Å². The normalized spacial score (nSPS) is 19.9. The summed E-state index contributed by atoms with van der Waals surface area (Å²) >= 11 is 1.56. The van der Waals surface area contributed by atoms with Gasteiger partial charge >= 0.3 is 6.03 Å². The Bertz CT molecular complexity index is 821. The molecule has 0 radical (unpaired) electrons. The zero-order valence-electron chi connectivity index (χ0n) is 12.3. The van der Waals surface area contributed by atoms with Gasteiger partial charge in [-0.25, -0.2) is 4.79 Å². The molecule has 1 aromatic heterocycles. The fraction of sp³-hybridized carbons (Fsp3) is 0.312. The van der Waals surface area contributed by atoms with Crippen LogP contribution in [0.4, 0.5) is 4.79 Å². The molecule has 4 rings (SSSR count). The average molecular weight is 329 g/mol. The molecule has 2 aliphatic heterocycles. The summed E-state index contributed by atoms with van der Waals surface area (Å²) in [5.41, 5.74) is -0.133. The number of carbonyl (C=O) groups is 3. The summed E-state index contributed by atoms with van der Waals surface area (Å²) in [5, 5.41) is 7.85. The van der Waals surface area contributed by atoms with E-state index in [1.54, 1.807) is 16.2 Å². The van der Waals surface area contributed by atoms with Gasteiger partial charge in [-0.15, -0.1) is 11.3 Å². The fourth-order valence-electron chi connectivity index (χ4n) is 3.29. The van der Waals surface area contributed by atoms with Crippen LogP contribution in [0.2, 0.25) is 0 Å². The Labute approximate surface area is 136 Å². The molecule has 1 spiro atoms. The van der Waals surface area contributed by atoms with E-state index in [0.717, 1.165) is 10.1 Å². The summed E-state index contributed by atoms with van der Waals surface area (Å²) in [5.74, 6) is -0.294. The number of rotatable bonds is 1. The van der Waals surface area contributed by atoms with Crippen molar-refractivity contribution in [2.24, 2.45) is 0 Å². The Balaban J connectivity index is 1.53. The van der Waals surface area contributed by atoms with Crippen LogP contribution in [-0.2, 0) is 4.79 Å². The smallest absolute Gasteiger partial charge is 0.322 e. The van der Waals surface area contributed by atoms with Gasteiger partial charge in [0.1, 0.15) is 5.54 Å². The lowest BCUT2D eigenvalue weighted by Crippen LogP contribution is -2.55. The Hall–Kier alpha value is -2.41. The van der Waals surface area contributed by atoms with Crippen molar-refractivity contribution in [3.8, 4) is 0 Å². The van der Waals surface area contributed by atoms with Gasteiger partial charge in [-0.3, -0.25) is 14.9 Å². The maximum atomic E-state index is 12.8. The number of fused-ring (bicyclic) bond motifs is 1. The first kappa shape index (κ1) is 14.2. The topological polar surface area (TPSA) is 78.5 Å². The minimum atomic E-state index is -0.843. The highest BCUT2D eigenvalue weighted by molar-refractivity contribution is 7.17. The standard InChI is InChI=1S/C16H15N3O3S/c20-13(11-9-23-12-4-2-1-3-10(11)12)19-7-5-16(6-8-19)14(21)17-15(22)18-16/h1-4,9H,5-8H2,(H2,17,18,21,22). The van der Waals surface area contributed by atoms with Crippen LogP contribution in [0.5, 0.6) is 0 Å². The maximum Gasteiger partial charge on any atom is 0.322 e. The number of urea groups is 1. The first-order valence-corrected chi connectivity index (χ1v) is 8.36. The molecule has 0 saturated carbocycles. The lowest BCUT2D eigenvalue weighted by atomic mass is 9.87. The number of thiophene rings is 1. The van der Waals surface area contributed by atoms with Crippen LogP contribution in [0.15, 0.2) is 29.6 Å². The molecule has 6 nitrogen and oxygen atoms in total. The molecular formula is C16H15N3O3S. The first-order chi connectivity index (χ1) is 11.1. The molecule has 2 aromatic rings. The van der Waals surface area contributed by atoms with E-state index >= 15 is 0 Å². The van der Waals surface area contributed by atoms with Crippen molar-refractivity contribution in [2.75, 3.05) is 13.1 Å². The van der Waals surface area contributed by atoms with Gasteiger partial charge in [-0.2, -0.15) is 0 Å². The number of hydrogen-bond donors (Lipinski definition) is 2. The van der Waals surface area contributed by atoms with Gasteiger partial charge in [0, 0.05) is 28.6 Å². The van der Waals surface area contributed by atoms with Gasteiger partial charge in [0.05, 0.1) is 5.56 Å². The highest BCUT2D eigenvalue weighted by Crippen LogP contribution is 2.30. The maximum absolute atomic E-state index is 12.8. The van der Waals surface area contributed by atoms with Crippen molar-refractivity contribution >= 4 is 39.3 Å². The largest absolute Gasteiger partial charge is 0.338 e. The van der Waals surface area contributed by atoms with Crippen molar-refractivity contribution in [3.63, 3.8) is 0 Å². The van der Waals surface area contributed by atoms with E-state index in [9.17, 15) is 14.4 Å². The number of benzene rings is 1. The van der Waals surface area contributed by atoms with E-state index < -0.39 is 11.6 Å². The predicted octanol–water partition coefficient (Wildman–Crippen LogP) is 1.72. The van der Waals surface area contributed by atoms with Gasteiger partial charge in [-0.1, -0.05) is 18.2 Å². The Morgan fingerprint density at radius 1 is 1.17 bits per heavy atom. The quantitative estimate of drug-likeness (QED) is 0.782. The van der Waals surface area contributed by atoms with Crippen LogP contribution in [-0.4, -0.2) is 41.4 Å². The van der Waals surface area contributed by atoms with Gasteiger partial charge < -0.3 is 10.2 Å². The Morgan fingerprint density at radius 3 is 2.61 bits per heavy atom. The summed E-state index contributed by atoms with van der Waals surface area (Å²) in [6.45, 7) is 0.910. The summed E-state index contributed by atoms with van der Waals surface area (Å²) in [6.07, 6.45) is 0.886. The highest BCUT2D eigenvalue weighted by Gasteiger charge is 2.48. The van der Waals surface area contributed by atoms with E-state index in [0.29, 0.717) is 31.5 Å². The number of nitrogens with one attached hydrogen (secondary N) is 2. The molecule has 2 aliphatic rings. The van der Waals surface area contributed by atoms with E-state index in [4.69, 9.17) is 0 Å². The van der Waals surface area contributed by atoms with Crippen molar-refractivity contribution < 1.29 is 14.4 Å². The lowest BCUT2D eigenvalue weighted by Gasteiger charge is -2.36. The van der Waals surface area contributed by atoms with E-state index in [2.05, 4.69) is 10.6 Å². The number of nitrogens with zero attached hydrogens (tertiary/aromatic N) is 1. The second-order valence-corrected chi connectivity index (χ2v) is 6.84. The highest BCUT2D eigenvalue weighted by atomic mass is 32.1. The Morgan fingerprint density at radius 2 is 1.91 bits per heavy atom. The molecule has 7 heteroatoms. The number of piperidine rings is 1. The summed E-state index contributed by atoms with van der Waals surface area (Å²) in [7, 11) is 0. The van der Waals surface area contributed by atoms with Gasteiger partial charge in [-0.05, 0) is 18.9 Å². The van der Waals surface area contributed by atoms with Crippen LogP contribution >= 0.6 is 11.3 Å². The van der Waals surface area contributed by atoms with Gasteiger partial charge in [0.25, 0.3) is 11.8 Å². The van der Waals surface area contributed by atoms with Crippen molar-refractivity contribution in [2.45, 2.75) is 18.4 Å². The number of imide groups is 1. The zero-order valence-corrected chi connectivity index (χ0v) is 13.1. The second-order valence-electron chi connectivity index (χ2n) is 5.93. The van der Waals surface area contributed by atoms with Crippen molar-refractivity contribution in [1.82, 2.24) is 15.5 Å². The Kier molecular flexibility index (Phi) is 3.12. The molecule has 0 atom stereocenters. The van der Waals surface area contributed by atoms with E-state index in [-0.39, 0.29) is 11.8 Å². The molecule has 4 amide bonds. The molecule has 118 valence electrons. The predicted molar refractivity (Wildman–Crippen MR) is 86.4 cm³/mol. The molecule has 0 aliphatic carbocycles. The number of hydrogen-bond acceptors (Lipinski definition) is 4. The fourth-order valence-corrected chi connectivity index (χ4v) is 4.22. The molecule has 23 heavy (non-hydrogen) atoms. The average Bonchev–Trinajstić information content (AvgIpc) is 3.09. The minimum absolute atomic E-state index is 0.0120. The van der Waals surface area contributed by atoms with Crippen LogP contribution in [0.3, 0.4) is 0 Å². The molecule has 2 saturated heterocycles. The van der Waals surface area contributed by atoms with Crippen LogP contribution < -0.4 is 10.6 Å². The molecular weight excluding hydrogens is 314 g/mol. The molecule has 3 heterocycles. The number of carbonyl (C=O) groups excluding carboxylic acids is 3. The third kappa shape index (κ3) is 2.19. The molecule has 1 aromatic carbocycles. The minimum Gasteiger partial charge on any atom is -0.338 e. The van der Waals surface area contributed by atoms with Crippen LogP contribution in [0.25, 0.3) is 10.1 Å². The molecule has 0 unspecified atom stereocenters. The van der Waals surface area contributed by atoms with Crippen molar-refractivity contribution in [3.05, 3.63) is 35.2 Å². The second kappa shape index (κ2) is 5.06. The van der Waals surface area contributed by atoms with Crippen LogP contribution in [0.1, 0.15) is 23.2 Å². The van der Waals surface area contributed by atoms with Crippen molar-refractivity contribution in [1.29, 1.82) is 0 Å². The zero-order chi connectivity index (χ0) is 16.0. The monoisotopic (exact) mass is 329 g/mol. The van der Waals surface area contributed by atoms with Crippen LogP contribution in [0, 0.1) is 0 Å². The SMILES string of the molecule is O=C1NC(=O)C2(CCN(C(=O)c3csc4ccccc34)CC2)N1. The summed E-state index contributed by atoms with van der Waals surface area (Å²) in [6, 6.07) is 7.39.